The summed E-state index contributed by atoms with van der Waals surface area (Å²) in [5.74, 6) is 0. The molecule has 16 heavy (non-hydrogen) atoms. The maximum Gasteiger partial charge on any atom is 0.0683 e. The van der Waals surface area contributed by atoms with Crippen molar-refractivity contribution in [3.05, 3.63) is 0 Å². The summed E-state index contributed by atoms with van der Waals surface area (Å²) in [6.45, 7) is 7.47. The van der Waals surface area contributed by atoms with E-state index >= 15 is 0 Å². The lowest BCUT2D eigenvalue weighted by Gasteiger charge is -2.32. The summed E-state index contributed by atoms with van der Waals surface area (Å²) in [6.07, 6.45) is 4.65. The van der Waals surface area contributed by atoms with Gasteiger partial charge in [-0.25, -0.2) is 0 Å². The number of nitrogens with zero attached hydrogens (tertiary/aromatic N) is 2. The molecule has 1 aliphatic rings. The second-order valence-electron chi connectivity index (χ2n) is 5.56. The molecule has 0 amide bonds. The van der Waals surface area contributed by atoms with Crippen LogP contribution < -0.4 is 5.32 Å². The highest BCUT2D eigenvalue weighted by molar-refractivity contribution is 4.91. The lowest BCUT2D eigenvalue weighted by Crippen LogP contribution is -2.41. The normalized spacial score (nSPS) is 18.7. The van der Waals surface area contributed by atoms with Crippen LogP contribution in [0.15, 0.2) is 0 Å². The van der Waals surface area contributed by atoms with Gasteiger partial charge in [0.2, 0.25) is 0 Å². The minimum absolute atomic E-state index is 0.158. The Morgan fingerprint density at radius 2 is 2.00 bits per heavy atom. The second-order valence-corrected chi connectivity index (χ2v) is 5.56. The third-order valence-corrected chi connectivity index (χ3v) is 3.55. The number of nitrogens with one attached hydrogen (secondary N) is 1. The molecule has 0 atom stereocenters. The average molecular weight is 223 g/mol. The van der Waals surface area contributed by atoms with Crippen LogP contribution in [0.25, 0.3) is 0 Å². The molecule has 3 nitrogen and oxygen atoms in total. The van der Waals surface area contributed by atoms with E-state index in [1.165, 1.54) is 12.8 Å². The van der Waals surface area contributed by atoms with Gasteiger partial charge in [0.1, 0.15) is 0 Å². The smallest absolute Gasteiger partial charge is 0.0683 e. The van der Waals surface area contributed by atoms with E-state index in [4.69, 9.17) is 5.26 Å². The first-order chi connectivity index (χ1) is 7.55. The highest BCUT2D eigenvalue weighted by atomic mass is 15.1. The number of piperidine rings is 1. The van der Waals surface area contributed by atoms with E-state index in [0.717, 1.165) is 38.5 Å². The van der Waals surface area contributed by atoms with Gasteiger partial charge in [-0.2, -0.15) is 5.26 Å². The topological polar surface area (TPSA) is 39.1 Å². The van der Waals surface area contributed by atoms with Crippen molar-refractivity contribution in [2.24, 2.45) is 5.41 Å². The van der Waals surface area contributed by atoms with Gasteiger partial charge in [0, 0.05) is 6.04 Å². The Labute approximate surface area is 99.8 Å². The molecule has 1 fully saturated rings. The number of hydrogen-bond donors (Lipinski definition) is 1. The molecule has 92 valence electrons. The van der Waals surface area contributed by atoms with Crippen molar-refractivity contribution in [3.63, 3.8) is 0 Å². The summed E-state index contributed by atoms with van der Waals surface area (Å²) in [5.41, 5.74) is -0.158. The molecule has 0 unspecified atom stereocenters. The van der Waals surface area contributed by atoms with Crippen LogP contribution in [0.3, 0.4) is 0 Å². The van der Waals surface area contributed by atoms with E-state index < -0.39 is 0 Å². The van der Waals surface area contributed by atoms with E-state index in [2.05, 4.69) is 23.3 Å². The quantitative estimate of drug-likeness (QED) is 0.775. The Morgan fingerprint density at radius 1 is 1.38 bits per heavy atom. The fourth-order valence-electron chi connectivity index (χ4n) is 2.26. The number of rotatable bonds is 5. The van der Waals surface area contributed by atoms with Crippen LogP contribution >= 0.6 is 0 Å². The van der Waals surface area contributed by atoms with Gasteiger partial charge >= 0.3 is 0 Å². The molecule has 0 aliphatic carbocycles. The minimum atomic E-state index is -0.158. The molecule has 1 rings (SSSR count). The van der Waals surface area contributed by atoms with Gasteiger partial charge in [-0.3, -0.25) is 0 Å². The molecule has 1 heterocycles. The molecule has 0 aromatic heterocycles. The number of hydrogen-bond acceptors (Lipinski definition) is 3. The fourth-order valence-corrected chi connectivity index (χ4v) is 2.26. The van der Waals surface area contributed by atoms with Crippen molar-refractivity contribution in [1.29, 1.82) is 5.26 Å². The third-order valence-electron chi connectivity index (χ3n) is 3.55. The van der Waals surface area contributed by atoms with Gasteiger partial charge in [0.05, 0.1) is 11.5 Å². The van der Waals surface area contributed by atoms with Gasteiger partial charge < -0.3 is 10.2 Å². The van der Waals surface area contributed by atoms with Gasteiger partial charge in [0.25, 0.3) is 0 Å². The van der Waals surface area contributed by atoms with Crippen molar-refractivity contribution in [1.82, 2.24) is 10.2 Å². The first kappa shape index (κ1) is 13.5. The Hall–Kier alpha value is -0.590. The molecule has 0 radical (unpaired) electrons. The first-order valence-electron chi connectivity index (χ1n) is 6.37. The van der Waals surface area contributed by atoms with E-state index in [1.807, 2.05) is 13.8 Å². The number of nitriles is 1. The lowest BCUT2D eigenvalue weighted by atomic mass is 9.89. The van der Waals surface area contributed by atoms with E-state index in [-0.39, 0.29) is 5.41 Å². The van der Waals surface area contributed by atoms with Crippen molar-refractivity contribution < 1.29 is 0 Å². The molecule has 1 N–H and O–H groups in total. The van der Waals surface area contributed by atoms with Crippen molar-refractivity contribution >= 4 is 0 Å². The highest BCUT2D eigenvalue weighted by Crippen LogP contribution is 2.21. The molecule has 1 aliphatic heterocycles. The third kappa shape index (κ3) is 4.51. The molecule has 0 aromatic rings. The maximum atomic E-state index is 8.94. The largest absolute Gasteiger partial charge is 0.317 e. The Morgan fingerprint density at radius 3 is 2.56 bits per heavy atom. The molecule has 0 aromatic carbocycles. The van der Waals surface area contributed by atoms with Crippen LogP contribution in [0.1, 0.15) is 39.5 Å². The Bertz CT molecular complexity index is 236. The second kappa shape index (κ2) is 6.22. The van der Waals surface area contributed by atoms with Crippen LogP contribution in [0, 0.1) is 16.7 Å². The SMILES string of the molecule is CN(CCCC(C)(C)C#N)C1CCNCC1. The van der Waals surface area contributed by atoms with Gasteiger partial charge in [0.15, 0.2) is 0 Å². The van der Waals surface area contributed by atoms with Crippen molar-refractivity contribution in [3.8, 4) is 6.07 Å². The molecule has 3 heteroatoms. The van der Waals surface area contributed by atoms with E-state index in [1.54, 1.807) is 0 Å². The average Bonchev–Trinajstić information content (AvgIpc) is 2.30. The molecular weight excluding hydrogens is 198 g/mol. The Balaban J connectivity index is 2.19. The van der Waals surface area contributed by atoms with Gasteiger partial charge in [-0.1, -0.05) is 0 Å². The predicted molar refractivity (Wildman–Crippen MR) is 67.1 cm³/mol. The zero-order valence-electron chi connectivity index (χ0n) is 10.9. The summed E-state index contributed by atoms with van der Waals surface area (Å²) in [4.78, 5) is 2.47. The first-order valence-corrected chi connectivity index (χ1v) is 6.37. The standard InChI is InChI=1S/C13H25N3/c1-13(2,11-14)7-4-10-16(3)12-5-8-15-9-6-12/h12,15H,4-10H2,1-3H3. The molecule has 1 saturated heterocycles. The molecule has 0 bridgehead atoms. The highest BCUT2D eigenvalue weighted by Gasteiger charge is 2.19. The molecular formula is C13H25N3. The van der Waals surface area contributed by atoms with E-state index in [9.17, 15) is 0 Å². The Kier molecular flexibility index (Phi) is 5.24. The molecule has 0 saturated carbocycles. The van der Waals surface area contributed by atoms with Gasteiger partial charge in [-0.05, 0) is 66.2 Å². The van der Waals surface area contributed by atoms with Crippen molar-refractivity contribution in [2.45, 2.75) is 45.6 Å². The van der Waals surface area contributed by atoms with E-state index in [0.29, 0.717) is 0 Å². The molecule has 0 spiro atoms. The van der Waals surface area contributed by atoms with Crippen molar-refractivity contribution in [2.75, 3.05) is 26.7 Å². The minimum Gasteiger partial charge on any atom is -0.317 e. The summed E-state index contributed by atoms with van der Waals surface area (Å²) in [6, 6.07) is 3.11. The van der Waals surface area contributed by atoms with Crippen LogP contribution in [0.4, 0.5) is 0 Å². The van der Waals surface area contributed by atoms with Gasteiger partial charge in [-0.15, -0.1) is 0 Å². The summed E-state index contributed by atoms with van der Waals surface area (Å²) in [7, 11) is 2.22. The summed E-state index contributed by atoms with van der Waals surface area (Å²) in [5, 5.41) is 12.3. The zero-order chi connectivity index (χ0) is 12.0. The summed E-state index contributed by atoms with van der Waals surface area (Å²) >= 11 is 0. The predicted octanol–water partition coefficient (Wildman–Crippen LogP) is 2.00. The monoisotopic (exact) mass is 223 g/mol. The zero-order valence-corrected chi connectivity index (χ0v) is 10.9. The maximum absolute atomic E-state index is 8.94. The fraction of sp³-hybridized carbons (Fsp3) is 0.923. The van der Waals surface area contributed by atoms with Crippen LogP contribution in [0.2, 0.25) is 0 Å². The lowest BCUT2D eigenvalue weighted by molar-refractivity contribution is 0.190. The van der Waals surface area contributed by atoms with Crippen LogP contribution in [-0.2, 0) is 0 Å². The van der Waals surface area contributed by atoms with Crippen LogP contribution in [0.5, 0.6) is 0 Å². The summed E-state index contributed by atoms with van der Waals surface area (Å²) < 4.78 is 0. The van der Waals surface area contributed by atoms with Crippen LogP contribution in [-0.4, -0.2) is 37.6 Å².